The highest BCUT2D eigenvalue weighted by atomic mass is 32.1. The first kappa shape index (κ1) is 24.5. The summed E-state index contributed by atoms with van der Waals surface area (Å²) < 4.78 is 0. The molecule has 9 heteroatoms. The van der Waals surface area contributed by atoms with Crippen LogP contribution in [0.4, 0.5) is 0 Å². The Hall–Kier alpha value is -2.10. The maximum absolute atomic E-state index is 13.8. The summed E-state index contributed by atoms with van der Waals surface area (Å²) in [5, 5.41) is 18.6. The summed E-state index contributed by atoms with van der Waals surface area (Å²) in [6.07, 6.45) is 2.12. The summed E-state index contributed by atoms with van der Waals surface area (Å²) in [5.74, 6) is -1.59. The van der Waals surface area contributed by atoms with Gasteiger partial charge in [-0.15, -0.1) is 0 Å². The Balaban J connectivity index is 1.80. The van der Waals surface area contributed by atoms with Crippen LogP contribution in [-0.2, 0) is 27.3 Å². The number of nitrogens with zero attached hydrogens (tertiary/aromatic N) is 1. The number of rotatable bonds is 9. The van der Waals surface area contributed by atoms with E-state index in [0.717, 1.165) is 30.5 Å². The molecule has 0 unspecified atom stereocenters. The quantitative estimate of drug-likeness (QED) is 0.347. The molecule has 0 aromatic heterocycles. The van der Waals surface area contributed by atoms with E-state index in [2.05, 4.69) is 28.6 Å². The van der Waals surface area contributed by atoms with Crippen LogP contribution in [0.5, 0.6) is 0 Å². The van der Waals surface area contributed by atoms with Crippen LogP contribution in [0.25, 0.3) is 0 Å². The summed E-state index contributed by atoms with van der Waals surface area (Å²) in [4.78, 5) is 39.2. The number of fused-ring (bicyclic) bond motifs is 1. The average molecular weight is 463 g/mol. The second-order valence-electron chi connectivity index (χ2n) is 8.83. The van der Waals surface area contributed by atoms with Gasteiger partial charge in [-0.05, 0) is 23.5 Å². The lowest BCUT2D eigenvalue weighted by molar-refractivity contribution is -0.145. The second-order valence-corrected chi connectivity index (χ2v) is 9.56. The summed E-state index contributed by atoms with van der Waals surface area (Å²) in [7, 11) is 0. The highest BCUT2D eigenvalue weighted by molar-refractivity contribution is 7.81. The van der Waals surface area contributed by atoms with E-state index < -0.39 is 30.5 Å². The van der Waals surface area contributed by atoms with E-state index in [0.29, 0.717) is 24.8 Å². The van der Waals surface area contributed by atoms with Gasteiger partial charge in [0.2, 0.25) is 11.8 Å². The van der Waals surface area contributed by atoms with Gasteiger partial charge in [0.15, 0.2) is 0 Å². The fraction of sp³-hybridized carbons (Fsp3) is 0.609. The Labute approximate surface area is 194 Å². The van der Waals surface area contributed by atoms with Gasteiger partial charge in [-0.3, -0.25) is 14.4 Å². The first-order valence-corrected chi connectivity index (χ1v) is 11.8. The Morgan fingerprint density at radius 2 is 2.00 bits per heavy atom. The zero-order chi connectivity index (χ0) is 23.3. The third kappa shape index (κ3) is 6.02. The Morgan fingerprint density at radius 1 is 1.28 bits per heavy atom. The molecule has 2 heterocycles. The van der Waals surface area contributed by atoms with Gasteiger partial charge >= 0.3 is 5.97 Å². The molecule has 0 spiro atoms. The van der Waals surface area contributed by atoms with Crippen molar-refractivity contribution in [1.82, 2.24) is 20.9 Å². The first-order valence-electron chi connectivity index (χ1n) is 11.3. The monoisotopic (exact) mass is 462 g/mol. The van der Waals surface area contributed by atoms with E-state index in [9.17, 15) is 14.4 Å². The summed E-state index contributed by atoms with van der Waals surface area (Å²) in [5.41, 5.74) is 2.02. The van der Waals surface area contributed by atoms with Gasteiger partial charge in [0.1, 0.15) is 12.6 Å². The molecule has 1 aromatic carbocycles. The van der Waals surface area contributed by atoms with Crippen LogP contribution in [0.15, 0.2) is 24.3 Å². The van der Waals surface area contributed by atoms with Crippen molar-refractivity contribution >= 4 is 30.4 Å². The number of nitrogens with one attached hydrogen (secondary N) is 3. The minimum Gasteiger partial charge on any atom is -0.480 e. The van der Waals surface area contributed by atoms with Crippen molar-refractivity contribution in [3.63, 3.8) is 0 Å². The fourth-order valence-electron chi connectivity index (χ4n) is 4.44. The highest BCUT2D eigenvalue weighted by Gasteiger charge is 2.39. The van der Waals surface area contributed by atoms with E-state index in [1.165, 1.54) is 0 Å². The van der Waals surface area contributed by atoms with Crippen LogP contribution >= 0.6 is 12.6 Å². The largest absolute Gasteiger partial charge is 0.480 e. The molecule has 4 N–H and O–H groups in total. The normalized spacial score (nSPS) is 24.5. The lowest BCUT2D eigenvalue weighted by Crippen LogP contribution is -2.59. The van der Waals surface area contributed by atoms with Crippen molar-refractivity contribution < 1.29 is 19.5 Å². The minimum atomic E-state index is -1.11. The molecule has 0 aliphatic carbocycles. The summed E-state index contributed by atoms with van der Waals surface area (Å²) >= 11 is 4.52. The zero-order valence-corrected chi connectivity index (χ0v) is 19.6. The van der Waals surface area contributed by atoms with Crippen molar-refractivity contribution in [3.8, 4) is 0 Å². The van der Waals surface area contributed by atoms with Gasteiger partial charge in [-0.2, -0.15) is 12.6 Å². The molecule has 8 nitrogen and oxygen atoms in total. The smallest absolute Gasteiger partial charge is 0.322 e. The summed E-state index contributed by atoms with van der Waals surface area (Å²) in [6.45, 7) is 5.45. The molecule has 176 valence electrons. The number of carbonyl (C=O) groups is 3. The Kier molecular flexibility index (Phi) is 8.56. The molecular formula is C23H34N4O4S. The minimum absolute atomic E-state index is 0.0793. The Morgan fingerprint density at radius 3 is 2.62 bits per heavy atom. The van der Waals surface area contributed by atoms with Gasteiger partial charge in [0.05, 0.1) is 6.04 Å². The number of thiol groups is 1. The number of carbonyl (C=O) groups excluding carboxylic acids is 2. The molecule has 1 fully saturated rings. The van der Waals surface area contributed by atoms with Gasteiger partial charge < -0.3 is 26.0 Å². The molecule has 0 saturated carbocycles. The summed E-state index contributed by atoms with van der Waals surface area (Å²) in [6, 6.07) is 6.86. The molecule has 0 bridgehead atoms. The van der Waals surface area contributed by atoms with Crippen LogP contribution in [-0.4, -0.2) is 70.8 Å². The molecule has 1 saturated heterocycles. The molecule has 2 aliphatic rings. The van der Waals surface area contributed by atoms with Gasteiger partial charge in [-0.1, -0.05) is 44.5 Å². The van der Waals surface area contributed by atoms with Crippen molar-refractivity contribution in [2.24, 2.45) is 5.92 Å². The molecule has 0 radical (unpaired) electrons. The number of hydrogen-bond acceptors (Lipinski definition) is 6. The number of carboxylic acids is 1. The van der Waals surface area contributed by atoms with Gasteiger partial charge in [0.25, 0.3) is 0 Å². The van der Waals surface area contributed by atoms with E-state index in [1.807, 2.05) is 38.1 Å². The van der Waals surface area contributed by atoms with Crippen LogP contribution in [0.2, 0.25) is 0 Å². The van der Waals surface area contributed by atoms with Crippen LogP contribution in [0.1, 0.15) is 37.8 Å². The van der Waals surface area contributed by atoms with Crippen molar-refractivity contribution in [3.05, 3.63) is 35.4 Å². The third-order valence-electron chi connectivity index (χ3n) is 6.51. The van der Waals surface area contributed by atoms with Crippen LogP contribution in [0, 0.1) is 5.92 Å². The maximum Gasteiger partial charge on any atom is 0.322 e. The van der Waals surface area contributed by atoms with Crippen molar-refractivity contribution in [1.29, 1.82) is 0 Å². The van der Waals surface area contributed by atoms with Gasteiger partial charge in [0, 0.05) is 37.3 Å². The second kappa shape index (κ2) is 11.2. The highest BCUT2D eigenvalue weighted by Crippen LogP contribution is 2.26. The molecular weight excluding hydrogens is 428 g/mol. The van der Waals surface area contributed by atoms with E-state index >= 15 is 0 Å². The standard InChI is InChI=1S/C23H34N4O4S/c1-3-14(2)21(25-10-17-9-18(32)11-24-17)23(31)27-13-16-7-5-4-6-15(16)8-19(27)22(30)26-12-20(28)29/h4-7,14,17-19,21,24-25,32H,3,8-13H2,1-2H3,(H,26,30)(H,28,29)/t14-,17-,18-,19-,21-/m0/s1. The predicted molar refractivity (Wildman–Crippen MR) is 126 cm³/mol. The third-order valence-corrected chi connectivity index (χ3v) is 6.90. The van der Waals surface area contributed by atoms with Crippen LogP contribution < -0.4 is 16.0 Å². The molecule has 2 aliphatic heterocycles. The number of benzene rings is 1. The van der Waals surface area contributed by atoms with Crippen molar-refractivity contribution in [2.75, 3.05) is 19.6 Å². The van der Waals surface area contributed by atoms with E-state index in [4.69, 9.17) is 5.11 Å². The lowest BCUT2D eigenvalue weighted by atomic mass is 9.90. The molecule has 1 aromatic rings. The zero-order valence-electron chi connectivity index (χ0n) is 18.7. The van der Waals surface area contributed by atoms with Crippen molar-refractivity contribution in [2.45, 2.75) is 63.0 Å². The van der Waals surface area contributed by atoms with E-state index in [-0.39, 0.29) is 17.9 Å². The number of amides is 2. The molecule has 32 heavy (non-hydrogen) atoms. The molecule has 5 atom stereocenters. The maximum atomic E-state index is 13.8. The Bertz CT molecular complexity index is 836. The molecule has 2 amide bonds. The average Bonchev–Trinajstić information content (AvgIpc) is 3.21. The first-order chi connectivity index (χ1) is 15.3. The number of hydrogen-bond donors (Lipinski definition) is 5. The van der Waals surface area contributed by atoms with Crippen LogP contribution in [0.3, 0.4) is 0 Å². The predicted octanol–water partition coefficient (Wildman–Crippen LogP) is 0.805. The fourth-order valence-corrected chi connectivity index (χ4v) is 4.80. The molecule has 3 rings (SSSR count). The lowest BCUT2D eigenvalue weighted by Gasteiger charge is -2.39. The SMILES string of the molecule is CC[C@H](C)[C@H](NC[C@@H]1C[C@H](S)CN1)C(=O)N1Cc2ccccc2C[C@H]1C(=O)NCC(=O)O. The van der Waals surface area contributed by atoms with Gasteiger partial charge in [-0.25, -0.2) is 0 Å². The van der Waals surface area contributed by atoms with E-state index in [1.54, 1.807) is 4.90 Å². The number of carboxylic acid groups (broad SMARTS) is 1. The number of aliphatic carboxylic acids is 1. The topological polar surface area (TPSA) is 111 Å².